The summed E-state index contributed by atoms with van der Waals surface area (Å²) in [6.45, 7) is 1.45. The molecule has 30 heavy (non-hydrogen) atoms. The fourth-order valence-electron chi connectivity index (χ4n) is 3.47. The number of hydrogen-bond donors (Lipinski definition) is 3. The lowest BCUT2D eigenvalue weighted by atomic mass is 10.1. The van der Waals surface area contributed by atoms with Crippen molar-refractivity contribution in [3.8, 4) is 5.75 Å². The monoisotopic (exact) mass is 409 g/mol. The first-order valence-corrected chi connectivity index (χ1v) is 9.78. The molecule has 1 aliphatic carbocycles. The number of carbonyl (C=O) groups is 2. The number of pyridine rings is 1. The van der Waals surface area contributed by atoms with Gasteiger partial charge >= 0.3 is 0 Å². The highest BCUT2D eigenvalue weighted by molar-refractivity contribution is 6.08. The van der Waals surface area contributed by atoms with E-state index in [9.17, 15) is 14.7 Å². The first-order valence-electron chi connectivity index (χ1n) is 9.78. The Morgan fingerprint density at radius 3 is 2.87 bits per heavy atom. The number of benzene rings is 1. The smallest absolute Gasteiger partial charge is 0.256 e. The Kier molecular flexibility index (Phi) is 5.41. The third kappa shape index (κ3) is 3.99. The van der Waals surface area contributed by atoms with E-state index in [0.29, 0.717) is 35.0 Å². The molecule has 3 aromatic rings. The highest BCUT2D eigenvalue weighted by Gasteiger charge is 2.27. The number of nitrogens with one attached hydrogen (secondary N) is 1. The summed E-state index contributed by atoms with van der Waals surface area (Å²) in [7, 11) is 0. The molecule has 4 N–H and O–H groups in total. The van der Waals surface area contributed by atoms with Gasteiger partial charge < -0.3 is 25.3 Å². The van der Waals surface area contributed by atoms with E-state index in [1.807, 2.05) is 12.1 Å². The Morgan fingerprint density at radius 2 is 2.17 bits per heavy atom. The van der Waals surface area contributed by atoms with Crippen LogP contribution in [0.5, 0.6) is 5.75 Å². The average Bonchev–Trinajstić information content (AvgIpc) is 3.52. The number of amides is 2. The summed E-state index contributed by atoms with van der Waals surface area (Å²) in [6, 6.07) is 7.97. The number of carbonyl (C=O) groups excluding carboxylic acids is 2. The lowest BCUT2D eigenvalue weighted by Gasteiger charge is -2.12. The van der Waals surface area contributed by atoms with Gasteiger partial charge in [0.15, 0.2) is 0 Å². The summed E-state index contributed by atoms with van der Waals surface area (Å²) in [6.07, 6.45) is 4.11. The zero-order valence-corrected chi connectivity index (χ0v) is 16.6. The largest absolute Gasteiger partial charge is 0.489 e. The van der Waals surface area contributed by atoms with Gasteiger partial charge in [0.05, 0.1) is 17.9 Å². The van der Waals surface area contributed by atoms with Gasteiger partial charge in [0.25, 0.3) is 5.91 Å². The van der Waals surface area contributed by atoms with Gasteiger partial charge in [0, 0.05) is 23.1 Å². The lowest BCUT2D eigenvalue weighted by molar-refractivity contribution is -0.120. The van der Waals surface area contributed by atoms with Crippen LogP contribution < -0.4 is 15.8 Å². The Bertz CT molecular complexity index is 1100. The summed E-state index contributed by atoms with van der Waals surface area (Å²) in [5.74, 6) is 0.122. The predicted molar refractivity (Wildman–Crippen MR) is 109 cm³/mol. The number of furan rings is 1. The minimum atomic E-state index is -1.17. The molecule has 1 fully saturated rings. The summed E-state index contributed by atoms with van der Waals surface area (Å²) >= 11 is 0. The van der Waals surface area contributed by atoms with Gasteiger partial charge in [0.2, 0.25) is 5.91 Å². The van der Waals surface area contributed by atoms with Crippen LogP contribution in [0.25, 0.3) is 11.0 Å². The molecule has 2 aromatic heterocycles. The first kappa shape index (κ1) is 19.9. The van der Waals surface area contributed by atoms with Crippen molar-refractivity contribution < 1.29 is 23.8 Å². The molecular formula is C22H23N3O5. The Hall–Kier alpha value is -3.39. The van der Waals surface area contributed by atoms with Gasteiger partial charge in [0.1, 0.15) is 29.7 Å². The molecule has 4 rings (SSSR count). The molecule has 1 atom stereocenters. The Labute approximate surface area is 173 Å². The second kappa shape index (κ2) is 8.16. The second-order valence-corrected chi connectivity index (χ2v) is 7.41. The highest BCUT2D eigenvalue weighted by atomic mass is 16.5. The number of aliphatic hydroxyl groups excluding tert-OH is 1. The van der Waals surface area contributed by atoms with Crippen LogP contribution in [-0.4, -0.2) is 34.6 Å². The zero-order valence-electron chi connectivity index (χ0n) is 16.6. The molecule has 0 aliphatic heterocycles. The lowest BCUT2D eigenvalue weighted by Crippen LogP contribution is -2.46. The van der Waals surface area contributed by atoms with Crippen molar-refractivity contribution in [2.45, 2.75) is 38.3 Å². The van der Waals surface area contributed by atoms with Crippen molar-refractivity contribution >= 4 is 22.8 Å². The van der Waals surface area contributed by atoms with Crippen LogP contribution in [-0.2, 0) is 11.4 Å². The quantitative estimate of drug-likeness (QED) is 0.523. The summed E-state index contributed by atoms with van der Waals surface area (Å²) in [5.41, 5.74) is 8.12. The van der Waals surface area contributed by atoms with Crippen LogP contribution in [0.15, 0.2) is 40.9 Å². The molecule has 0 saturated heterocycles. The van der Waals surface area contributed by atoms with E-state index in [1.54, 1.807) is 31.3 Å². The molecule has 0 bridgehead atoms. The summed E-state index contributed by atoms with van der Waals surface area (Å²) in [5, 5.41) is 12.2. The maximum absolute atomic E-state index is 12.7. The van der Waals surface area contributed by atoms with Crippen molar-refractivity contribution in [3.05, 3.63) is 59.1 Å². The third-order valence-corrected chi connectivity index (χ3v) is 5.18. The maximum atomic E-state index is 12.7. The number of ether oxygens (including phenoxy) is 1. The van der Waals surface area contributed by atoms with Crippen molar-refractivity contribution in [3.63, 3.8) is 0 Å². The standard InChI is InChI=1S/C22H23N3O5/c1-12-19(22(28)25-17(10-26)21(23)27)16-9-15(6-7-18(16)30-12)29-11-14-3-2-8-24-20(14)13-4-5-13/h2-3,6-9,13,17,26H,4-5,10-11H2,1H3,(H2,23,27)(H,25,28). The molecule has 0 radical (unpaired) electrons. The molecule has 2 heterocycles. The van der Waals surface area contributed by atoms with E-state index in [2.05, 4.69) is 10.3 Å². The number of hydrogen-bond acceptors (Lipinski definition) is 6. The van der Waals surface area contributed by atoms with E-state index in [-0.39, 0.29) is 5.56 Å². The maximum Gasteiger partial charge on any atom is 0.256 e. The highest BCUT2D eigenvalue weighted by Crippen LogP contribution is 2.40. The Balaban J connectivity index is 1.57. The van der Waals surface area contributed by atoms with Crippen LogP contribution in [0.2, 0.25) is 0 Å². The van der Waals surface area contributed by atoms with Crippen LogP contribution >= 0.6 is 0 Å². The molecule has 1 unspecified atom stereocenters. The fraction of sp³-hybridized carbons (Fsp3) is 0.318. The number of fused-ring (bicyclic) bond motifs is 1. The minimum absolute atomic E-state index is 0.273. The molecule has 156 valence electrons. The molecule has 1 aliphatic rings. The van der Waals surface area contributed by atoms with Crippen LogP contribution in [0, 0.1) is 6.92 Å². The first-order chi connectivity index (χ1) is 14.5. The van der Waals surface area contributed by atoms with Gasteiger partial charge in [-0.05, 0) is 44.0 Å². The molecule has 1 aromatic carbocycles. The topological polar surface area (TPSA) is 128 Å². The minimum Gasteiger partial charge on any atom is -0.489 e. The predicted octanol–water partition coefficient (Wildman–Crippen LogP) is 2.17. The summed E-state index contributed by atoms with van der Waals surface area (Å²) in [4.78, 5) is 28.5. The molecule has 2 amide bonds. The second-order valence-electron chi connectivity index (χ2n) is 7.41. The van der Waals surface area contributed by atoms with Crippen LogP contribution in [0.3, 0.4) is 0 Å². The average molecular weight is 409 g/mol. The van der Waals surface area contributed by atoms with E-state index < -0.39 is 24.5 Å². The number of rotatable bonds is 8. The van der Waals surface area contributed by atoms with E-state index in [4.69, 9.17) is 14.9 Å². The molecule has 8 heteroatoms. The number of primary amides is 1. The molecule has 0 spiro atoms. The number of nitrogens with two attached hydrogens (primary N) is 1. The van der Waals surface area contributed by atoms with Gasteiger partial charge in [-0.1, -0.05) is 6.07 Å². The SMILES string of the molecule is Cc1oc2ccc(OCc3cccnc3C3CC3)cc2c1C(=O)NC(CO)C(N)=O. The Morgan fingerprint density at radius 1 is 1.37 bits per heavy atom. The van der Waals surface area contributed by atoms with E-state index >= 15 is 0 Å². The fourth-order valence-corrected chi connectivity index (χ4v) is 3.47. The molecule has 1 saturated carbocycles. The van der Waals surface area contributed by atoms with Crippen molar-refractivity contribution in [1.29, 1.82) is 0 Å². The van der Waals surface area contributed by atoms with Gasteiger partial charge in [-0.25, -0.2) is 0 Å². The van der Waals surface area contributed by atoms with Crippen LogP contribution in [0.1, 0.15) is 46.1 Å². The summed E-state index contributed by atoms with van der Waals surface area (Å²) < 4.78 is 11.6. The van der Waals surface area contributed by atoms with Gasteiger partial charge in [-0.15, -0.1) is 0 Å². The van der Waals surface area contributed by atoms with E-state index in [0.717, 1.165) is 24.1 Å². The molecular weight excluding hydrogens is 386 g/mol. The van der Waals surface area contributed by atoms with Crippen LogP contribution in [0.4, 0.5) is 0 Å². The number of aliphatic hydroxyl groups is 1. The molecule has 8 nitrogen and oxygen atoms in total. The normalized spacial score (nSPS) is 14.5. The third-order valence-electron chi connectivity index (χ3n) is 5.18. The van der Waals surface area contributed by atoms with Gasteiger partial charge in [-0.3, -0.25) is 14.6 Å². The van der Waals surface area contributed by atoms with Crippen molar-refractivity contribution in [2.75, 3.05) is 6.61 Å². The number of aromatic nitrogens is 1. The van der Waals surface area contributed by atoms with Crippen molar-refractivity contribution in [1.82, 2.24) is 10.3 Å². The van der Waals surface area contributed by atoms with Gasteiger partial charge in [-0.2, -0.15) is 0 Å². The number of aryl methyl sites for hydroxylation is 1. The zero-order chi connectivity index (χ0) is 21.3. The van der Waals surface area contributed by atoms with E-state index in [1.165, 1.54) is 0 Å². The number of nitrogens with zero attached hydrogens (tertiary/aromatic N) is 1. The van der Waals surface area contributed by atoms with Crippen molar-refractivity contribution in [2.24, 2.45) is 5.73 Å².